The largest absolute Gasteiger partial charge is 0.193 e. The predicted octanol–water partition coefficient (Wildman–Crippen LogP) is 6.63. The SMILES string of the molecule is N#CC(=C1SCCCS1)C(C(C#N)=C1SCCCS1)c1ccc(Cl)cc1. The number of benzene rings is 1. The zero-order valence-electron chi connectivity index (χ0n) is 14.0. The number of halogens is 1. The summed E-state index contributed by atoms with van der Waals surface area (Å²) in [6.07, 6.45) is 2.31. The van der Waals surface area contributed by atoms with E-state index >= 15 is 0 Å². The first-order chi connectivity index (χ1) is 12.7. The average molecular weight is 437 g/mol. The van der Waals surface area contributed by atoms with Crippen LogP contribution in [-0.2, 0) is 0 Å². The molecule has 26 heavy (non-hydrogen) atoms. The molecular formula is C19H17ClN2S4. The van der Waals surface area contributed by atoms with E-state index < -0.39 is 0 Å². The van der Waals surface area contributed by atoms with E-state index in [1.165, 1.54) is 0 Å². The summed E-state index contributed by atoms with van der Waals surface area (Å²) in [5.41, 5.74) is 2.37. The lowest BCUT2D eigenvalue weighted by atomic mass is 9.87. The lowest BCUT2D eigenvalue weighted by molar-refractivity contribution is 0.983. The van der Waals surface area contributed by atoms with Crippen LogP contribution in [0.5, 0.6) is 0 Å². The molecule has 0 atom stereocenters. The minimum absolute atomic E-state index is 0.316. The Kier molecular flexibility index (Phi) is 7.78. The van der Waals surface area contributed by atoms with Crippen molar-refractivity contribution in [2.75, 3.05) is 23.0 Å². The van der Waals surface area contributed by atoms with Crippen LogP contribution in [0.2, 0.25) is 5.02 Å². The van der Waals surface area contributed by atoms with Crippen molar-refractivity contribution in [1.82, 2.24) is 0 Å². The molecule has 0 N–H and O–H groups in total. The molecule has 134 valence electrons. The van der Waals surface area contributed by atoms with Gasteiger partial charge in [0, 0.05) is 5.02 Å². The molecule has 7 heteroatoms. The molecule has 0 radical (unpaired) electrons. The number of nitrogens with zero attached hydrogens (tertiary/aromatic N) is 2. The first-order valence-electron chi connectivity index (χ1n) is 8.29. The van der Waals surface area contributed by atoms with Gasteiger partial charge in [-0.05, 0) is 53.5 Å². The van der Waals surface area contributed by atoms with Crippen LogP contribution in [0.1, 0.15) is 24.3 Å². The highest BCUT2D eigenvalue weighted by molar-refractivity contribution is 8.23. The second-order valence-electron chi connectivity index (χ2n) is 5.71. The van der Waals surface area contributed by atoms with Crippen molar-refractivity contribution in [2.45, 2.75) is 18.8 Å². The predicted molar refractivity (Wildman–Crippen MR) is 119 cm³/mol. The van der Waals surface area contributed by atoms with Crippen LogP contribution >= 0.6 is 58.6 Å². The maximum absolute atomic E-state index is 10.0. The molecule has 0 spiro atoms. The molecule has 0 aromatic heterocycles. The standard InChI is InChI=1S/C19H17ClN2S4/c20-14-5-3-13(4-6-14)17(15(11-21)18-23-7-1-8-24-18)16(12-22)19-25-9-2-10-26-19/h3-6,17H,1-2,7-10H2. The molecule has 3 rings (SSSR count). The second kappa shape index (κ2) is 10.1. The molecule has 2 nitrogen and oxygen atoms in total. The van der Waals surface area contributed by atoms with E-state index in [2.05, 4.69) is 12.1 Å². The van der Waals surface area contributed by atoms with Crippen LogP contribution in [0.3, 0.4) is 0 Å². The normalized spacial score (nSPS) is 17.5. The molecule has 0 bridgehead atoms. The van der Waals surface area contributed by atoms with E-state index in [1.54, 1.807) is 47.0 Å². The van der Waals surface area contributed by atoms with Gasteiger partial charge in [0.05, 0.1) is 37.7 Å². The van der Waals surface area contributed by atoms with Gasteiger partial charge in [-0.25, -0.2) is 0 Å². The van der Waals surface area contributed by atoms with E-state index in [4.69, 9.17) is 11.6 Å². The van der Waals surface area contributed by atoms with Gasteiger partial charge in [0.1, 0.15) is 0 Å². The zero-order valence-corrected chi connectivity index (χ0v) is 18.1. The van der Waals surface area contributed by atoms with Gasteiger partial charge in [0.15, 0.2) is 0 Å². The minimum Gasteiger partial charge on any atom is -0.193 e. The second-order valence-corrected chi connectivity index (χ2v) is 11.1. The summed E-state index contributed by atoms with van der Waals surface area (Å²) in [6.45, 7) is 0. The molecule has 2 aliphatic rings. The van der Waals surface area contributed by atoms with Crippen molar-refractivity contribution in [3.05, 3.63) is 54.5 Å². The highest BCUT2D eigenvalue weighted by Gasteiger charge is 2.29. The quantitative estimate of drug-likeness (QED) is 0.495. The Labute approximate surface area is 176 Å². The Balaban J connectivity index is 2.14. The van der Waals surface area contributed by atoms with E-state index in [1.807, 2.05) is 24.3 Å². The summed E-state index contributed by atoms with van der Waals surface area (Å²) in [5.74, 6) is 3.81. The lowest BCUT2D eigenvalue weighted by Gasteiger charge is -2.24. The van der Waals surface area contributed by atoms with E-state index in [-0.39, 0.29) is 5.92 Å². The zero-order chi connectivity index (χ0) is 18.4. The molecule has 0 unspecified atom stereocenters. The molecule has 2 fully saturated rings. The third kappa shape index (κ3) is 4.80. The van der Waals surface area contributed by atoms with Crippen LogP contribution in [0.25, 0.3) is 0 Å². The van der Waals surface area contributed by atoms with Gasteiger partial charge in [-0.1, -0.05) is 23.7 Å². The number of thioether (sulfide) groups is 4. The van der Waals surface area contributed by atoms with Crippen LogP contribution < -0.4 is 0 Å². The summed E-state index contributed by atoms with van der Waals surface area (Å²) in [7, 11) is 0. The first-order valence-corrected chi connectivity index (χ1v) is 12.6. The number of nitriles is 2. The molecule has 2 heterocycles. The van der Waals surface area contributed by atoms with Crippen molar-refractivity contribution in [1.29, 1.82) is 10.5 Å². The highest BCUT2D eigenvalue weighted by atomic mass is 35.5. The van der Waals surface area contributed by atoms with Gasteiger partial charge < -0.3 is 0 Å². The molecule has 0 aliphatic carbocycles. The summed E-state index contributed by atoms with van der Waals surface area (Å²) in [4.78, 5) is 0. The van der Waals surface area contributed by atoms with Gasteiger partial charge >= 0.3 is 0 Å². The Morgan fingerprint density at radius 2 is 1.23 bits per heavy atom. The van der Waals surface area contributed by atoms with Crippen molar-refractivity contribution >= 4 is 58.6 Å². The molecule has 1 aromatic rings. The molecule has 1 aromatic carbocycles. The molecular weight excluding hydrogens is 420 g/mol. The Hall–Kier alpha value is -0.630. The third-order valence-electron chi connectivity index (χ3n) is 3.97. The van der Waals surface area contributed by atoms with Crippen LogP contribution in [-0.4, -0.2) is 23.0 Å². The summed E-state index contributed by atoms with van der Waals surface area (Å²) < 4.78 is 2.13. The Morgan fingerprint density at radius 3 is 1.62 bits per heavy atom. The number of hydrogen-bond donors (Lipinski definition) is 0. The van der Waals surface area contributed by atoms with Crippen LogP contribution in [0.15, 0.2) is 43.9 Å². The maximum atomic E-state index is 10.0. The van der Waals surface area contributed by atoms with Gasteiger partial charge in [0.25, 0.3) is 0 Å². The van der Waals surface area contributed by atoms with Crippen molar-refractivity contribution in [3.8, 4) is 12.1 Å². The van der Waals surface area contributed by atoms with Gasteiger partial charge in [-0.3, -0.25) is 0 Å². The number of allylic oxidation sites excluding steroid dienone is 2. The van der Waals surface area contributed by atoms with Gasteiger partial charge in [0.2, 0.25) is 0 Å². The summed E-state index contributed by atoms with van der Waals surface area (Å²) >= 11 is 13.1. The fourth-order valence-electron chi connectivity index (χ4n) is 2.76. The topological polar surface area (TPSA) is 47.6 Å². The van der Waals surface area contributed by atoms with E-state index in [9.17, 15) is 10.5 Å². The lowest BCUT2D eigenvalue weighted by Crippen LogP contribution is -2.10. The molecule has 2 saturated heterocycles. The van der Waals surface area contributed by atoms with Crippen molar-refractivity contribution < 1.29 is 0 Å². The third-order valence-corrected chi connectivity index (χ3v) is 9.54. The van der Waals surface area contributed by atoms with Gasteiger partial charge in [-0.2, -0.15) is 10.5 Å². The molecule has 2 aliphatic heterocycles. The number of rotatable bonds is 3. The Morgan fingerprint density at radius 1 is 0.808 bits per heavy atom. The summed E-state index contributed by atoms with van der Waals surface area (Å²) in [6, 6.07) is 12.4. The first kappa shape index (κ1) is 20.1. The molecule has 0 amide bonds. The minimum atomic E-state index is -0.316. The van der Waals surface area contributed by atoms with E-state index in [0.29, 0.717) is 16.2 Å². The van der Waals surface area contributed by atoms with Gasteiger partial charge in [-0.15, -0.1) is 47.0 Å². The molecule has 0 saturated carbocycles. The van der Waals surface area contributed by atoms with Crippen LogP contribution in [0, 0.1) is 22.7 Å². The fraction of sp³-hybridized carbons (Fsp3) is 0.368. The highest BCUT2D eigenvalue weighted by Crippen LogP contribution is 2.47. The fourth-order valence-corrected chi connectivity index (χ4v) is 8.09. The van der Waals surface area contributed by atoms with E-state index in [0.717, 1.165) is 49.9 Å². The number of hydrogen-bond acceptors (Lipinski definition) is 6. The van der Waals surface area contributed by atoms with Crippen molar-refractivity contribution in [2.24, 2.45) is 0 Å². The van der Waals surface area contributed by atoms with Crippen LogP contribution in [0.4, 0.5) is 0 Å². The Bertz CT molecular complexity index is 740. The maximum Gasteiger partial charge on any atom is 0.0974 e. The smallest absolute Gasteiger partial charge is 0.0974 e. The summed E-state index contributed by atoms with van der Waals surface area (Å²) in [5, 5.41) is 20.7. The van der Waals surface area contributed by atoms with Crippen molar-refractivity contribution in [3.63, 3.8) is 0 Å². The monoisotopic (exact) mass is 436 g/mol. The average Bonchev–Trinajstić information content (AvgIpc) is 2.70.